The number of amides is 1. The molecule has 0 aliphatic carbocycles. The van der Waals surface area contributed by atoms with Gasteiger partial charge in [0.1, 0.15) is 5.69 Å². The molecule has 0 spiro atoms. The molecule has 1 amide bonds. The molecule has 0 saturated heterocycles. The Morgan fingerprint density at radius 1 is 1.61 bits per heavy atom. The lowest BCUT2D eigenvalue weighted by molar-refractivity contribution is -0.204. The molecular weight excluding hydrogens is 317 g/mol. The van der Waals surface area contributed by atoms with Crippen LogP contribution in [0.5, 0.6) is 0 Å². The van der Waals surface area contributed by atoms with E-state index in [2.05, 4.69) is 21.2 Å². The maximum Gasteiger partial charge on any atom is 0.414 e. The number of carbonyl (C=O) groups excluding carboxylic acids is 1. The first kappa shape index (κ1) is 15.0. The fourth-order valence-electron chi connectivity index (χ4n) is 1.33. The van der Waals surface area contributed by atoms with Gasteiger partial charge in [0.25, 0.3) is 5.91 Å². The quantitative estimate of drug-likeness (QED) is 0.886. The zero-order valence-corrected chi connectivity index (χ0v) is 11.0. The molecular formula is C10H12BrF3N2O2. The van der Waals surface area contributed by atoms with E-state index in [1.54, 1.807) is 23.9 Å². The summed E-state index contributed by atoms with van der Waals surface area (Å²) in [6, 6.07) is 1.55. The third kappa shape index (κ3) is 4.02. The summed E-state index contributed by atoms with van der Waals surface area (Å²) in [4.78, 5) is 11.6. The van der Waals surface area contributed by atoms with E-state index < -0.39 is 24.6 Å². The molecule has 1 aromatic heterocycles. The fourth-order valence-corrected chi connectivity index (χ4v) is 1.85. The molecule has 0 bridgehead atoms. The number of nitrogens with zero attached hydrogens (tertiary/aromatic N) is 1. The number of hydrogen-bond acceptors (Lipinski definition) is 2. The predicted molar refractivity (Wildman–Crippen MR) is 62.1 cm³/mol. The lowest BCUT2D eigenvalue weighted by Gasteiger charge is -2.14. The highest BCUT2D eigenvalue weighted by molar-refractivity contribution is 9.10. The summed E-state index contributed by atoms with van der Waals surface area (Å²) in [6.45, 7) is -0.248. The van der Waals surface area contributed by atoms with Crippen LogP contribution in [-0.2, 0) is 7.05 Å². The molecule has 1 rings (SSSR count). The van der Waals surface area contributed by atoms with Gasteiger partial charge in [-0.3, -0.25) is 4.79 Å². The molecule has 2 N–H and O–H groups in total. The van der Waals surface area contributed by atoms with Crippen molar-refractivity contribution in [1.29, 1.82) is 0 Å². The highest BCUT2D eigenvalue weighted by atomic mass is 79.9. The van der Waals surface area contributed by atoms with Gasteiger partial charge in [0, 0.05) is 24.3 Å². The molecule has 1 atom stereocenters. The number of hydrogen-bond donors (Lipinski definition) is 2. The fraction of sp³-hybridized carbons (Fsp3) is 0.500. The average molecular weight is 329 g/mol. The van der Waals surface area contributed by atoms with Gasteiger partial charge in [-0.15, -0.1) is 0 Å². The van der Waals surface area contributed by atoms with Gasteiger partial charge in [0.05, 0.1) is 0 Å². The smallest absolute Gasteiger partial charge is 0.384 e. The Balaban J connectivity index is 2.46. The minimum absolute atomic E-state index is 0.248. The van der Waals surface area contributed by atoms with Crippen molar-refractivity contribution in [3.8, 4) is 0 Å². The van der Waals surface area contributed by atoms with Crippen LogP contribution in [0.2, 0.25) is 0 Å². The number of aromatic nitrogens is 1. The van der Waals surface area contributed by atoms with Crippen LogP contribution < -0.4 is 5.32 Å². The number of aryl methyl sites for hydroxylation is 1. The molecule has 0 fully saturated rings. The third-order valence-electron chi connectivity index (χ3n) is 2.29. The molecule has 102 valence electrons. The maximum atomic E-state index is 12.0. The van der Waals surface area contributed by atoms with E-state index in [9.17, 15) is 18.0 Å². The number of aliphatic hydroxyl groups excluding tert-OH is 1. The van der Waals surface area contributed by atoms with E-state index in [1.807, 2.05) is 0 Å². The topological polar surface area (TPSA) is 54.3 Å². The van der Waals surface area contributed by atoms with E-state index >= 15 is 0 Å². The molecule has 0 radical (unpaired) electrons. The molecule has 8 heteroatoms. The van der Waals surface area contributed by atoms with Gasteiger partial charge in [-0.05, 0) is 28.4 Å². The largest absolute Gasteiger partial charge is 0.414 e. The van der Waals surface area contributed by atoms with Crippen LogP contribution in [0, 0.1) is 0 Å². The van der Waals surface area contributed by atoms with Gasteiger partial charge in [-0.2, -0.15) is 13.2 Å². The molecule has 0 aliphatic rings. The second-order valence-electron chi connectivity index (χ2n) is 3.76. The standard InChI is InChI=1S/C10H12BrF3N2O2/c1-16-5-6(11)4-7(16)9(18)15-3-2-8(17)10(12,13)14/h4-5,8,17H,2-3H2,1H3,(H,15,18)/t8-/m0/s1. The minimum atomic E-state index is -4.65. The van der Waals surface area contributed by atoms with Crippen molar-refractivity contribution in [3.05, 3.63) is 22.4 Å². The van der Waals surface area contributed by atoms with E-state index in [0.717, 1.165) is 0 Å². The van der Waals surface area contributed by atoms with Crippen LogP contribution >= 0.6 is 15.9 Å². The van der Waals surface area contributed by atoms with Crippen molar-refractivity contribution in [2.24, 2.45) is 7.05 Å². The van der Waals surface area contributed by atoms with Crippen LogP contribution in [0.3, 0.4) is 0 Å². The summed E-state index contributed by atoms with van der Waals surface area (Å²) in [6.07, 6.45) is -5.99. The molecule has 0 aromatic carbocycles. The number of alkyl halides is 3. The van der Waals surface area contributed by atoms with E-state index in [-0.39, 0.29) is 6.54 Å². The van der Waals surface area contributed by atoms with Crippen molar-refractivity contribution in [2.75, 3.05) is 6.54 Å². The predicted octanol–water partition coefficient (Wildman–Crippen LogP) is 1.83. The van der Waals surface area contributed by atoms with Crippen LogP contribution in [0.15, 0.2) is 16.7 Å². The first-order valence-electron chi connectivity index (χ1n) is 5.06. The van der Waals surface area contributed by atoms with Gasteiger partial charge in [0.15, 0.2) is 6.10 Å². The second-order valence-corrected chi connectivity index (χ2v) is 4.67. The zero-order valence-electron chi connectivity index (χ0n) is 9.46. The van der Waals surface area contributed by atoms with Crippen molar-refractivity contribution < 1.29 is 23.1 Å². The highest BCUT2D eigenvalue weighted by Gasteiger charge is 2.37. The Morgan fingerprint density at radius 2 is 2.22 bits per heavy atom. The summed E-state index contributed by atoms with van der Waals surface area (Å²) in [5.74, 6) is -0.488. The van der Waals surface area contributed by atoms with Crippen LogP contribution in [-0.4, -0.2) is 34.4 Å². The normalized spacial score (nSPS) is 13.4. The van der Waals surface area contributed by atoms with Crippen molar-refractivity contribution in [3.63, 3.8) is 0 Å². The summed E-state index contributed by atoms with van der Waals surface area (Å²) < 4.78 is 38.2. The summed E-state index contributed by atoms with van der Waals surface area (Å²) >= 11 is 3.18. The Hall–Kier alpha value is -1.02. The van der Waals surface area contributed by atoms with Crippen molar-refractivity contribution in [1.82, 2.24) is 9.88 Å². The molecule has 4 nitrogen and oxygen atoms in total. The number of nitrogens with one attached hydrogen (secondary N) is 1. The summed E-state index contributed by atoms with van der Waals surface area (Å²) in [5, 5.41) is 11.1. The second kappa shape index (κ2) is 5.75. The number of rotatable bonds is 4. The van der Waals surface area contributed by atoms with E-state index in [0.29, 0.717) is 10.2 Å². The van der Waals surface area contributed by atoms with Crippen molar-refractivity contribution in [2.45, 2.75) is 18.7 Å². The average Bonchev–Trinajstić information content (AvgIpc) is 2.56. The number of halogens is 4. The van der Waals surface area contributed by atoms with Gasteiger partial charge >= 0.3 is 6.18 Å². The van der Waals surface area contributed by atoms with Crippen LogP contribution in [0.1, 0.15) is 16.9 Å². The first-order valence-corrected chi connectivity index (χ1v) is 5.86. The number of aliphatic hydroxyl groups is 1. The highest BCUT2D eigenvalue weighted by Crippen LogP contribution is 2.21. The first-order chi connectivity index (χ1) is 8.21. The third-order valence-corrected chi connectivity index (χ3v) is 2.72. The Morgan fingerprint density at radius 3 is 2.67 bits per heavy atom. The molecule has 18 heavy (non-hydrogen) atoms. The minimum Gasteiger partial charge on any atom is -0.384 e. The monoisotopic (exact) mass is 328 g/mol. The molecule has 0 saturated carbocycles. The lowest BCUT2D eigenvalue weighted by Crippen LogP contribution is -2.34. The molecule has 1 heterocycles. The summed E-state index contributed by atoms with van der Waals surface area (Å²) in [5.41, 5.74) is 0.323. The molecule has 0 aliphatic heterocycles. The summed E-state index contributed by atoms with van der Waals surface area (Å²) in [7, 11) is 1.64. The van der Waals surface area contributed by atoms with Gasteiger partial charge in [0.2, 0.25) is 0 Å². The zero-order chi connectivity index (χ0) is 13.9. The number of carbonyl (C=O) groups is 1. The van der Waals surface area contributed by atoms with Gasteiger partial charge in [-0.25, -0.2) is 0 Å². The Bertz CT molecular complexity index is 431. The molecule has 1 aromatic rings. The van der Waals surface area contributed by atoms with Crippen molar-refractivity contribution >= 4 is 21.8 Å². The maximum absolute atomic E-state index is 12.0. The van der Waals surface area contributed by atoms with Crippen LogP contribution in [0.4, 0.5) is 13.2 Å². The SMILES string of the molecule is Cn1cc(Br)cc1C(=O)NCC[C@H](O)C(F)(F)F. The molecule has 0 unspecified atom stereocenters. The Labute approximate surface area is 110 Å². The van der Waals surface area contributed by atoms with E-state index in [1.165, 1.54) is 0 Å². The lowest BCUT2D eigenvalue weighted by atomic mass is 10.2. The van der Waals surface area contributed by atoms with Crippen LogP contribution in [0.25, 0.3) is 0 Å². The van der Waals surface area contributed by atoms with E-state index in [4.69, 9.17) is 5.11 Å². The van der Waals surface area contributed by atoms with Gasteiger partial charge < -0.3 is 15.0 Å². The Kier molecular flexibility index (Phi) is 4.80. The van der Waals surface area contributed by atoms with Gasteiger partial charge in [-0.1, -0.05) is 0 Å².